The molecule has 0 unspecified atom stereocenters. The van der Waals surface area contributed by atoms with Gasteiger partial charge in [-0.05, 0) is 18.8 Å². The summed E-state index contributed by atoms with van der Waals surface area (Å²) in [5.41, 5.74) is 0. The Bertz CT molecular complexity index is 148. The molecule has 13 heavy (non-hydrogen) atoms. The molecule has 0 fully saturated rings. The lowest BCUT2D eigenvalue weighted by Gasteiger charge is -2.16. The highest BCUT2D eigenvalue weighted by Crippen LogP contribution is 2.18. The van der Waals surface area contributed by atoms with E-state index in [0.717, 1.165) is 19.3 Å². The van der Waals surface area contributed by atoms with Crippen LogP contribution in [0.4, 0.5) is 0 Å². The molecule has 0 bridgehead atoms. The van der Waals surface area contributed by atoms with Crippen LogP contribution in [-0.4, -0.2) is 19.0 Å². The van der Waals surface area contributed by atoms with Crippen LogP contribution >= 0.6 is 11.6 Å². The topological polar surface area (TPSA) is 26.3 Å². The highest BCUT2D eigenvalue weighted by atomic mass is 35.5. The molecule has 0 saturated heterocycles. The number of carbonyl (C=O) groups excluding carboxylic acids is 1. The van der Waals surface area contributed by atoms with Crippen LogP contribution in [0.5, 0.6) is 0 Å². The molecule has 0 aliphatic carbocycles. The fourth-order valence-electron chi connectivity index (χ4n) is 1.23. The van der Waals surface area contributed by atoms with E-state index in [1.807, 2.05) is 6.92 Å². The summed E-state index contributed by atoms with van der Waals surface area (Å²) in [5.74, 6) is 0.980. The van der Waals surface area contributed by atoms with E-state index in [2.05, 4.69) is 11.7 Å². The van der Waals surface area contributed by atoms with Crippen LogP contribution in [0.15, 0.2) is 0 Å². The second-order valence-electron chi connectivity index (χ2n) is 3.47. The van der Waals surface area contributed by atoms with Crippen molar-refractivity contribution in [2.45, 2.75) is 33.1 Å². The van der Waals surface area contributed by atoms with Crippen molar-refractivity contribution in [3.05, 3.63) is 0 Å². The maximum atomic E-state index is 11.1. The number of alkyl halides is 1. The van der Waals surface area contributed by atoms with Gasteiger partial charge in [-0.3, -0.25) is 4.79 Å². The third-order valence-electron chi connectivity index (χ3n) is 2.47. The van der Waals surface area contributed by atoms with Gasteiger partial charge in [0.25, 0.3) is 0 Å². The van der Waals surface area contributed by atoms with Crippen molar-refractivity contribution in [2.75, 3.05) is 13.0 Å². The summed E-state index contributed by atoms with van der Waals surface area (Å²) >= 11 is 5.56. The molecule has 0 heterocycles. The Morgan fingerprint density at radius 3 is 2.46 bits per heavy atom. The van der Waals surface area contributed by atoms with Gasteiger partial charge in [-0.1, -0.05) is 20.3 Å². The standard InChI is InChI=1S/C10H19ClO2/c1-8(6-4-5-7-11)9(2)10(12)13-3/h8-9H,4-7H2,1-3H3/t8-,9+/m0/s1. The number of unbranched alkanes of at least 4 members (excludes halogenated alkanes) is 1. The normalized spacial score (nSPS) is 15.1. The molecule has 0 aromatic carbocycles. The van der Waals surface area contributed by atoms with Crippen molar-refractivity contribution in [2.24, 2.45) is 11.8 Å². The molecular weight excluding hydrogens is 188 g/mol. The smallest absolute Gasteiger partial charge is 0.308 e. The Morgan fingerprint density at radius 2 is 2.00 bits per heavy atom. The Labute approximate surface area is 85.6 Å². The van der Waals surface area contributed by atoms with E-state index in [1.165, 1.54) is 7.11 Å². The monoisotopic (exact) mass is 206 g/mol. The molecule has 2 atom stereocenters. The summed E-state index contributed by atoms with van der Waals surface area (Å²) in [6, 6.07) is 0. The number of hydrogen-bond donors (Lipinski definition) is 0. The molecule has 3 heteroatoms. The molecule has 78 valence electrons. The number of ether oxygens (including phenoxy) is 1. The third-order valence-corrected chi connectivity index (χ3v) is 2.74. The average Bonchev–Trinajstić information content (AvgIpc) is 2.15. The van der Waals surface area contributed by atoms with Crippen LogP contribution < -0.4 is 0 Å². The van der Waals surface area contributed by atoms with Crippen LogP contribution in [0.1, 0.15) is 33.1 Å². The van der Waals surface area contributed by atoms with Gasteiger partial charge >= 0.3 is 5.97 Å². The van der Waals surface area contributed by atoms with E-state index in [1.54, 1.807) is 0 Å². The molecular formula is C10H19ClO2. The van der Waals surface area contributed by atoms with E-state index < -0.39 is 0 Å². The summed E-state index contributed by atoms with van der Waals surface area (Å²) in [5, 5.41) is 0. The zero-order chi connectivity index (χ0) is 10.3. The maximum Gasteiger partial charge on any atom is 0.308 e. The lowest BCUT2D eigenvalue weighted by molar-refractivity contribution is -0.146. The fraction of sp³-hybridized carbons (Fsp3) is 0.900. The number of methoxy groups -OCH3 is 1. The van der Waals surface area contributed by atoms with Crippen LogP contribution in [0, 0.1) is 11.8 Å². The van der Waals surface area contributed by atoms with Crippen LogP contribution in [0.3, 0.4) is 0 Å². The van der Waals surface area contributed by atoms with Crippen LogP contribution in [0.2, 0.25) is 0 Å². The average molecular weight is 207 g/mol. The van der Waals surface area contributed by atoms with Gasteiger partial charge in [-0.15, -0.1) is 11.6 Å². The Hall–Kier alpha value is -0.240. The number of carbonyl (C=O) groups is 1. The van der Waals surface area contributed by atoms with Gasteiger partial charge < -0.3 is 4.74 Å². The molecule has 0 N–H and O–H groups in total. The fourth-order valence-corrected chi connectivity index (χ4v) is 1.42. The van der Waals surface area contributed by atoms with Gasteiger partial charge in [-0.2, -0.15) is 0 Å². The molecule has 0 aliphatic heterocycles. The quantitative estimate of drug-likeness (QED) is 0.380. The Kier molecular flexibility index (Phi) is 7.06. The summed E-state index contributed by atoms with van der Waals surface area (Å²) in [4.78, 5) is 11.1. The third kappa shape index (κ3) is 5.14. The second kappa shape index (κ2) is 7.19. The number of esters is 1. The SMILES string of the molecule is COC(=O)[C@H](C)[C@@H](C)CCCCCl. The van der Waals surface area contributed by atoms with Crippen molar-refractivity contribution < 1.29 is 9.53 Å². The molecule has 0 spiro atoms. The summed E-state index contributed by atoms with van der Waals surface area (Å²) in [6.45, 7) is 3.99. The van der Waals surface area contributed by atoms with E-state index >= 15 is 0 Å². The Morgan fingerprint density at radius 1 is 1.38 bits per heavy atom. The second-order valence-corrected chi connectivity index (χ2v) is 3.85. The highest BCUT2D eigenvalue weighted by Gasteiger charge is 2.19. The van der Waals surface area contributed by atoms with Gasteiger partial charge in [0.15, 0.2) is 0 Å². The zero-order valence-corrected chi connectivity index (χ0v) is 9.43. The minimum absolute atomic E-state index is 0.000301. The van der Waals surface area contributed by atoms with Crippen molar-refractivity contribution in [3.63, 3.8) is 0 Å². The number of hydrogen-bond acceptors (Lipinski definition) is 2. The molecule has 2 nitrogen and oxygen atoms in total. The van der Waals surface area contributed by atoms with Crippen LogP contribution in [0.25, 0.3) is 0 Å². The van der Waals surface area contributed by atoms with Gasteiger partial charge in [0.05, 0.1) is 13.0 Å². The first-order valence-electron chi connectivity index (χ1n) is 4.77. The molecule has 0 aromatic rings. The number of rotatable bonds is 6. The van der Waals surface area contributed by atoms with Crippen molar-refractivity contribution in [1.82, 2.24) is 0 Å². The summed E-state index contributed by atoms with van der Waals surface area (Å²) < 4.78 is 4.67. The van der Waals surface area contributed by atoms with Gasteiger partial charge in [0.2, 0.25) is 0 Å². The maximum absolute atomic E-state index is 11.1. The molecule has 0 amide bonds. The molecule has 0 rings (SSSR count). The van der Waals surface area contributed by atoms with Gasteiger partial charge in [0, 0.05) is 5.88 Å². The first kappa shape index (κ1) is 12.8. The first-order chi connectivity index (χ1) is 6.13. The summed E-state index contributed by atoms with van der Waals surface area (Å²) in [6.07, 6.45) is 3.16. The molecule has 0 radical (unpaired) electrons. The molecule has 0 aromatic heterocycles. The van der Waals surface area contributed by atoms with Crippen molar-refractivity contribution in [3.8, 4) is 0 Å². The van der Waals surface area contributed by atoms with Crippen molar-refractivity contribution >= 4 is 17.6 Å². The zero-order valence-electron chi connectivity index (χ0n) is 8.68. The van der Waals surface area contributed by atoms with E-state index in [4.69, 9.17) is 11.6 Å². The van der Waals surface area contributed by atoms with Gasteiger partial charge in [0.1, 0.15) is 0 Å². The molecule has 0 saturated carbocycles. The highest BCUT2D eigenvalue weighted by molar-refractivity contribution is 6.17. The van der Waals surface area contributed by atoms with E-state index in [0.29, 0.717) is 11.8 Å². The minimum Gasteiger partial charge on any atom is -0.469 e. The predicted molar refractivity (Wildman–Crippen MR) is 54.9 cm³/mol. The minimum atomic E-state index is -0.113. The summed E-state index contributed by atoms with van der Waals surface area (Å²) in [7, 11) is 1.43. The largest absolute Gasteiger partial charge is 0.469 e. The lowest BCUT2D eigenvalue weighted by Crippen LogP contribution is -2.20. The van der Waals surface area contributed by atoms with Gasteiger partial charge in [-0.25, -0.2) is 0 Å². The van der Waals surface area contributed by atoms with E-state index in [9.17, 15) is 4.79 Å². The van der Waals surface area contributed by atoms with E-state index in [-0.39, 0.29) is 11.9 Å². The predicted octanol–water partition coefficient (Wildman–Crippen LogP) is 2.84. The lowest BCUT2D eigenvalue weighted by atomic mass is 9.91. The number of halogens is 1. The van der Waals surface area contributed by atoms with Crippen molar-refractivity contribution in [1.29, 1.82) is 0 Å². The first-order valence-corrected chi connectivity index (χ1v) is 5.30. The Balaban J connectivity index is 3.68. The van der Waals surface area contributed by atoms with Crippen LogP contribution in [-0.2, 0) is 9.53 Å². The molecule has 0 aliphatic rings.